The Bertz CT molecular complexity index is 321. The Balaban J connectivity index is 4.84. The van der Waals surface area contributed by atoms with Crippen LogP contribution in [-0.2, 0) is 22.9 Å². The van der Waals surface area contributed by atoms with Gasteiger partial charge in [0, 0.05) is 5.57 Å². The number of phosphoric acid groups is 1. The zero-order chi connectivity index (χ0) is 13.5. The number of phosphoric ester groups is 1. The molecule has 0 heterocycles. The summed E-state index contributed by atoms with van der Waals surface area (Å²) in [6.07, 6.45) is 0.513. The average Bonchev–Trinajstić information content (AvgIpc) is 2.17. The van der Waals surface area contributed by atoms with Crippen LogP contribution in [0.1, 0.15) is 41.0 Å². The molecule has 0 bridgehead atoms. The van der Waals surface area contributed by atoms with Crippen molar-refractivity contribution in [3.63, 3.8) is 0 Å². The molecule has 0 radical (unpaired) electrons. The maximum absolute atomic E-state index is 12.0. The fourth-order valence-corrected chi connectivity index (χ4v) is 2.39. The third kappa shape index (κ3) is 5.48. The summed E-state index contributed by atoms with van der Waals surface area (Å²) in [7, 11) is -3.77. The van der Waals surface area contributed by atoms with Crippen molar-refractivity contribution in [2.24, 2.45) is 0 Å². The number of carbonyl (C=O) groups excluding carboxylic acids is 1. The van der Waals surface area contributed by atoms with Gasteiger partial charge in [0.25, 0.3) is 0 Å². The van der Waals surface area contributed by atoms with Gasteiger partial charge in [-0.25, -0.2) is 9.36 Å². The van der Waals surface area contributed by atoms with Crippen LogP contribution in [0, 0.1) is 0 Å². The highest BCUT2D eigenvalue weighted by atomic mass is 31.2. The molecule has 0 unspecified atom stereocenters. The lowest BCUT2D eigenvalue weighted by Crippen LogP contribution is -2.10. The number of allylic oxidation sites excluding steroid dienone is 1. The molecular weight excluding hydrogens is 243 g/mol. The maximum atomic E-state index is 12.0. The van der Waals surface area contributed by atoms with E-state index in [9.17, 15) is 9.36 Å². The fraction of sp³-hybridized carbons (Fsp3) is 0.727. The first-order valence-corrected chi connectivity index (χ1v) is 7.15. The number of rotatable bonds is 7. The molecule has 0 aromatic rings. The molecule has 0 saturated carbocycles. The van der Waals surface area contributed by atoms with Crippen LogP contribution in [-0.4, -0.2) is 19.2 Å². The number of hydrogen-bond donors (Lipinski definition) is 0. The Morgan fingerprint density at radius 3 is 1.82 bits per heavy atom. The van der Waals surface area contributed by atoms with Gasteiger partial charge in [-0.05, 0) is 34.1 Å². The Morgan fingerprint density at radius 2 is 1.53 bits per heavy atom. The summed E-state index contributed by atoms with van der Waals surface area (Å²) in [5.74, 6) is -0.641. The van der Waals surface area contributed by atoms with Crippen molar-refractivity contribution in [1.29, 1.82) is 0 Å². The van der Waals surface area contributed by atoms with E-state index in [1.54, 1.807) is 27.7 Å². The van der Waals surface area contributed by atoms with E-state index in [1.165, 1.54) is 0 Å². The molecule has 100 valence electrons. The van der Waals surface area contributed by atoms with E-state index < -0.39 is 13.8 Å². The van der Waals surface area contributed by atoms with E-state index in [0.717, 1.165) is 5.57 Å². The monoisotopic (exact) mass is 264 g/mol. The maximum Gasteiger partial charge on any atom is 0.532 e. The van der Waals surface area contributed by atoms with E-state index >= 15 is 0 Å². The van der Waals surface area contributed by atoms with Crippen molar-refractivity contribution in [3.05, 3.63) is 11.1 Å². The van der Waals surface area contributed by atoms with Gasteiger partial charge in [-0.3, -0.25) is 9.05 Å². The Morgan fingerprint density at radius 1 is 1.06 bits per heavy atom. The van der Waals surface area contributed by atoms with Crippen LogP contribution in [0.3, 0.4) is 0 Å². The molecule has 0 spiro atoms. The van der Waals surface area contributed by atoms with Crippen LogP contribution in [0.5, 0.6) is 0 Å². The SMILES string of the molecule is CCOP(=O)(OCC)OC(=O)C(CC)=C(C)C. The van der Waals surface area contributed by atoms with E-state index in [-0.39, 0.29) is 13.2 Å². The van der Waals surface area contributed by atoms with Gasteiger partial charge in [0.05, 0.1) is 13.2 Å². The normalized spacial score (nSPS) is 11.1. The van der Waals surface area contributed by atoms with Crippen molar-refractivity contribution in [2.75, 3.05) is 13.2 Å². The lowest BCUT2D eigenvalue weighted by molar-refractivity contribution is -0.132. The molecule has 0 N–H and O–H groups in total. The molecule has 0 aromatic heterocycles. The molecule has 6 heteroatoms. The van der Waals surface area contributed by atoms with Crippen molar-refractivity contribution >= 4 is 13.8 Å². The minimum atomic E-state index is -3.77. The lowest BCUT2D eigenvalue weighted by Gasteiger charge is -2.16. The van der Waals surface area contributed by atoms with E-state index in [1.807, 2.05) is 6.92 Å². The molecule has 0 saturated heterocycles. The quantitative estimate of drug-likeness (QED) is 0.520. The number of carbonyl (C=O) groups is 1. The van der Waals surface area contributed by atoms with Gasteiger partial charge in [-0.1, -0.05) is 12.5 Å². The number of hydrogen-bond acceptors (Lipinski definition) is 5. The van der Waals surface area contributed by atoms with E-state index in [0.29, 0.717) is 12.0 Å². The van der Waals surface area contributed by atoms with Gasteiger partial charge in [0.15, 0.2) is 0 Å². The predicted molar refractivity (Wildman–Crippen MR) is 65.6 cm³/mol. The second kappa shape index (κ2) is 7.64. The molecule has 0 aliphatic rings. The van der Waals surface area contributed by atoms with Gasteiger partial charge >= 0.3 is 13.8 Å². The van der Waals surface area contributed by atoms with Crippen molar-refractivity contribution in [2.45, 2.75) is 41.0 Å². The molecule has 5 nitrogen and oxygen atoms in total. The first-order chi connectivity index (χ1) is 7.90. The standard InChI is InChI=1S/C11H21O5P/c1-6-10(9(4)5)11(12)16-17(13,14-7-2)15-8-3/h6-8H2,1-5H3. The largest absolute Gasteiger partial charge is 0.532 e. The highest BCUT2D eigenvalue weighted by Crippen LogP contribution is 2.50. The second-order valence-electron chi connectivity index (χ2n) is 3.49. The van der Waals surface area contributed by atoms with Gasteiger partial charge in [-0.15, -0.1) is 0 Å². The van der Waals surface area contributed by atoms with E-state index in [2.05, 4.69) is 0 Å². The van der Waals surface area contributed by atoms with Gasteiger partial charge in [-0.2, -0.15) is 0 Å². The third-order valence-corrected chi connectivity index (χ3v) is 3.51. The minimum absolute atomic E-state index is 0.154. The third-order valence-electron chi connectivity index (χ3n) is 1.97. The minimum Gasteiger partial charge on any atom is -0.367 e. The molecule has 17 heavy (non-hydrogen) atoms. The van der Waals surface area contributed by atoms with Crippen LogP contribution in [0.25, 0.3) is 0 Å². The molecule has 0 aliphatic heterocycles. The molecule has 0 aliphatic carbocycles. The summed E-state index contributed by atoms with van der Waals surface area (Å²) in [5.41, 5.74) is 1.32. The highest BCUT2D eigenvalue weighted by molar-refractivity contribution is 7.49. The summed E-state index contributed by atoms with van der Waals surface area (Å²) in [6, 6.07) is 0. The van der Waals surface area contributed by atoms with Crippen LogP contribution in [0.4, 0.5) is 0 Å². The van der Waals surface area contributed by atoms with Crippen LogP contribution < -0.4 is 0 Å². The Kier molecular flexibility index (Phi) is 7.35. The van der Waals surface area contributed by atoms with Crippen molar-refractivity contribution < 1.29 is 22.9 Å². The van der Waals surface area contributed by atoms with Crippen LogP contribution in [0.15, 0.2) is 11.1 Å². The molecule has 0 aromatic carbocycles. The summed E-state index contributed by atoms with van der Waals surface area (Å²) in [5, 5.41) is 0. The molecule has 0 atom stereocenters. The first-order valence-electron chi connectivity index (χ1n) is 5.69. The lowest BCUT2D eigenvalue weighted by atomic mass is 10.1. The zero-order valence-electron chi connectivity index (χ0n) is 11.1. The smallest absolute Gasteiger partial charge is 0.367 e. The van der Waals surface area contributed by atoms with E-state index in [4.69, 9.17) is 13.6 Å². The predicted octanol–water partition coefficient (Wildman–Crippen LogP) is 3.46. The van der Waals surface area contributed by atoms with Crippen LogP contribution >= 0.6 is 7.82 Å². The van der Waals surface area contributed by atoms with Crippen molar-refractivity contribution in [3.8, 4) is 0 Å². The molecule has 0 fully saturated rings. The summed E-state index contributed by atoms with van der Waals surface area (Å²) in [4.78, 5) is 11.8. The van der Waals surface area contributed by atoms with Crippen LogP contribution in [0.2, 0.25) is 0 Å². The summed E-state index contributed by atoms with van der Waals surface area (Å²) >= 11 is 0. The Labute approximate surface area is 103 Å². The molecule has 0 amide bonds. The molecule has 0 rings (SSSR count). The van der Waals surface area contributed by atoms with Gasteiger partial charge in [0.2, 0.25) is 0 Å². The zero-order valence-corrected chi connectivity index (χ0v) is 12.0. The van der Waals surface area contributed by atoms with Crippen molar-refractivity contribution in [1.82, 2.24) is 0 Å². The first kappa shape index (κ1) is 16.4. The summed E-state index contributed by atoms with van der Waals surface area (Å²) < 4.78 is 26.6. The fourth-order valence-electron chi connectivity index (χ4n) is 1.26. The van der Waals surface area contributed by atoms with Gasteiger partial charge < -0.3 is 4.52 Å². The average molecular weight is 264 g/mol. The second-order valence-corrected chi connectivity index (χ2v) is 5.09. The van der Waals surface area contributed by atoms with Gasteiger partial charge in [0.1, 0.15) is 0 Å². The topological polar surface area (TPSA) is 61.8 Å². The molecular formula is C11H21O5P. The Hall–Kier alpha value is -0.640. The summed E-state index contributed by atoms with van der Waals surface area (Å²) in [6.45, 7) is 9.04. The highest BCUT2D eigenvalue weighted by Gasteiger charge is 2.31.